The van der Waals surface area contributed by atoms with E-state index in [-0.39, 0.29) is 5.56 Å². The molecule has 0 saturated carbocycles. The normalized spacial score (nSPS) is 10.9. The second kappa shape index (κ2) is 3.51. The van der Waals surface area contributed by atoms with Gasteiger partial charge in [-0.05, 0) is 19.1 Å². The lowest BCUT2D eigenvalue weighted by atomic mass is 10.2. The first-order chi connectivity index (χ1) is 8.24. The van der Waals surface area contributed by atoms with Gasteiger partial charge in [0.25, 0.3) is 5.56 Å². The molecule has 0 unspecified atom stereocenters. The van der Waals surface area contributed by atoms with E-state index < -0.39 is 0 Å². The zero-order valence-corrected chi connectivity index (χ0v) is 9.08. The van der Waals surface area contributed by atoms with Crippen molar-refractivity contribution < 1.29 is 0 Å². The van der Waals surface area contributed by atoms with Crippen LogP contribution in [0.4, 0.5) is 0 Å². The van der Waals surface area contributed by atoms with Crippen LogP contribution in [0.3, 0.4) is 0 Å². The van der Waals surface area contributed by atoms with Gasteiger partial charge >= 0.3 is 0 Å². The quantitative estimate of drug-likeness (QED) is 0.666. The van der Waals surface area contributed by atoms with Crippen molar-refractivity contribution in [2.75, 3.05) is 0 Å². The van der Waals surface area contributed by atoms with E-state index in [0.29, 0.717) is 23.0 Å². The Morgan fingerprint density at radius 3 is 3.00 bits per heavy atom. The number of nitrogens with zero attached hydrogens (tertiary/aromatic N) is 4. The molecule has 1 N–H and O–H groups in total. The number of H-pyrrole nitrogens is 1. The highest BCUT2D eigenvalue weighted by molar-refractivity contribution is 5.55. The number of hydrogen-bond donors (Lipinski definition) is 1. The number of nitrogens with one attached hydrogen (secondary N) is 1. The summed E-state index contributed by atoms with van der Waals surface area (Å²) in [5.41, 5.74) is 1.11. The molecule has 84 valence electrons. The predicted octanol–water partition coefficient (Wildman–Crippen LogP) is 0.788. The van der Waals surface area contributed by atoms with Crippen LogP contribution in [0.25, 0.3) is 17.2 Å². The van der Waals surface area contributed by atoms with Gasteiger partial charge in [-0.1, -0.05) is 6.07 Å². The minimum absolute atomic E-state index is 0.222. The third-order valence-corrected chi connectivity index (χ3v) is 2.38. The maximum absolute atomic E-state index is 11.8. The lowest BCUT2D eigenvalue weighted by Crippen LogP contribution is -2.14. The molecule has 0 radical (unpaired) electrons. The molecule has 0 bridgehead atoms. The largest absolute Gasteiger partial charge is 0.322 e. The van der Waals surface area contributed by atoms with Gasteiger partial charge in [0.15, 0.2) is 0 Å². The molecular formula is C11H9N5O. The summed E-state index contributed by atoms with van der Waals surface area (Å²) in [5.74, 6) is 0.979. The van der Waals surface area contributed by atoms with Crippen molar-refractivity contribution in [3.05, 3.63) is 46.6 Å². The summed E-state index contributed by atoms with van der Waals surface area (Å²) in [4.78, 5) is 23.1. The van der Waals surface area contributed by atoms with Crippen LogP contribution in [0, 0.1) is 6.92 Å². The summed E-state index contributed by atoms with van der Waals surface area (Å²) in [5, 5.41) is 3.99. The van der Waals surface area contributed by atoms with E-state index in [4.69, 9.17) is 0 Å². The summed E-state index contributed by atoms with van der Waals surface area (Å²) in [6.07, 6.45) is 1.67. The highest BCUT2D eigenvalue weighted by Crippen LogP contribution is 2.11. The number of pyridine rings is 1. The second-order valence-corrected chi connectivity index (χ2v) is 3.63. The molecule has 3 rings (SSSR count). The Balaban J connectivity index is 2.29. The van der Waals surface area contributed by atoms with Crippen LogP contribution >= 0.6 is 0 Å². The highest BCUT2D eigenvalue weighted by atomic mass is 16.1. The average molecular weight is 227 g/mol. The standard InChI is InChI=1S/C11H9N5O/c1-7-13-11-14-9(6-10(17)16(11)15-7)8-4-2-3-5-12-8/h2-6H,1H3,(H,13,14,15). The molecule has 17 heavy (non-hydrogen) atoms. The third-order valence-electron chi connectivity index (χ3n) is 2.38. The van der Waals surface area contributed by atoms with Crippen LogP contribution in [0.1, 0.15) is 5.82 Å². The van der Waals surface area contributed by atoms with E-state index >= 15 is 0 Å². The molecule has 0 aliphatic heterocycles. The van der Waals surface area contributed by atoms with Crippen molar-refractivity contribution in [2.24, 2.45) is 0 Å². The Labute approximate surface area is 96.0 Å². The Hall–Kier alpha value is -2.50. The topological polar surface area (TPSA) is 75.9 Å². The number of aryl methyl sites for hydroxylation is 1. The van der Waals surface area contributed by atoms with Gasteiger partial charge in [-0.25, -0.2) is 0 Å². The summed E-state index contributed by atoms with van der Waals surface area (Å²) in [7, 11) is 0. The van der Waals surface area contributed by atoms with Crippen LogP contribution in [0.2, 0.25) is 0 Å². The number of fused-ring (bicyclic) bond motifs is 1. The van der Waals surface area contributed by atoms with E-state index in [2.05, 4.69) is 20.1 Å². The van der Waals surface area contributed by atoms with E-state index in [9.17, 15) is 4.79 Å². The molecule has 0 aromatic carbocycles. The van der Waals surface area contributed by atoms with Gasteiger partial charge in [-0.15, -0.1) is 5.10 Å². The summed E-state index contributed by atoms with van der Waals surface area (Å²) >= 11 is 0. The molecule has 3 heterocycles. The van der Waals surface area contributed by atoms with Crippen molar-refractivity contribution in [3.63, 3.8) is 0 Å². The van der Waals surface area contributed by atoms with E-state index in [1.165, 1.54) is 10.6 Å². The Bertz CT molecular complexity index is 728. The fourth-order valence-corrected chi connectivity index (χ4v) is 1.65. The monoisotopic (exact) mass is 227 g/mol. The maximum atomic E-state index is 11.8. The molecule has 0 aliphatic carbocycles. The fourth-order valence-electron chi connectivity index (χ4n) is 1.65. The number of aromatic nitrogens is 5. The summed E-state index contributed by atoms with van der Waals surface area (Å²) in [6.45, 7) is 1.74. The molecule has 0 atom stereocenters. The van der Waals surface area contributed by atoms with Gasteiger partial charge in [0.1, 0.15) is 5.82 Å². The molecule has 0 amide bonds. The summed E-state index contributed by atoms with van der Waals surface area (Å²) in [6, 6.07) is 6.97. The highest BCUT2D eigenvalue weighted by Gasteiger charge is 2.07. The molecule has 6 heteroatoms. The zero-order valence-electron chi connectivity index (χ0n) is 9.08. The minimum atomic E-state index is -0.222. The first-order valence-corrected chi connectivity index (χ1v) is 5.12. The van der Waals surface area contributed by atoms with Crippen molar-refractivity contribution in [1.82, 2.24) is 24.6 Å². The maximum Gasteiger partial charge on any atom is 0.276 e. The van der Waals surface area contributed by atoms with Gasteiger partial charge < -0.3 is 4.98 Å². The first kappa shape index (κ1) is 9.71. The lowest BCUT2D eigenvalue weighted by Gasteiger charge is -1.99. The fraction of sp³-hybridized carbons (Fsp3) is 0.0909. The number of hydrogen-bond acceptors (Lipinski definition) is 4. The van der Waals surface area contributed by atoms with Gasteiger partial charge in [-0.2, -0.15) is 9.50 Å². The van der Waals surface area contributed by atoms with E-state index in [1.807, 2.05) is 18.2 Å². The number of aromatic amines is 1. The number of rotatable bonds is 1. The Kier molecular flexibility index (Phi) is 2.01. The van der Waals surface area contributed by atoms with Crippen LogP contribution in [-0.2, 0) is 0 Å². The van der Waals surface area contributed by atoms with E-state index in [0.717, 1.165) is 0 Å². The SMILES string of the molecule is Cc1nc2[nH]c(-c3ccccn3)cc(=O)n2n1. The smallest absolute Gasteiger partial charge is 0.276 e. The van der Waals surface area contributed by atoms with E-state index in [1.54, 1.807) is 13.1 Å². The second-order valence-electron chi connectivity index (χ2n) is 3.63. The van der Waals surface area contributed by atoms with Crippen molar-refractivity contribution in [1.29, 1.82) is 0 Å². The van der Waals surface area contributed by atoms with Crippen LogP contribution in [0.15, 0.2) is 35.3 Å². The minimum Gasteiger partial charge on any atom is -0.322 e. The molecule has 3 aromatic rings. The van der Waals surface area contributed by atoms with Crippen molar-refractivity contribution >= 4 is 5.78 Å². The third kappa shape index (κ3) is 1.59. The average Bonchev–Trinajstić information content (AvgIpc) is 2.71. The molecule has 6 nitrogen and oxygen atoms in total. The van der Waals surface area contributed by atoms with Gasteiger partial charge in [-0.3, -0.25) is 9.78 Å². The van der Waals surface area contributed by atoms with Crippen molar-refractivity contribution in [2.45, 2.75) is 6.92 Å². The predicted molar refractivity (Wildman–Crippen MR) is 61.6 cm³/mol. The summed E-state index contributed by atoms with van der Waals surface area (Å²) < 4.78 is 1.24. The van der Waals surface area contributed by atoms with Crippen LogP contribution < -0.4 is 5.56 Å². The first-order valence-electron chi connectivity index (χ1n) is 5.12. The zero-order chi connectivity index (χ0) is 11.8. The molecule has 0 spiro atoms. The van der Waals surface area contributed by atoms with Gasteiger partial charge in [0.05, 0.1) is 11.4 Å². The lowest BCUT2D eigenvalue weighted by molar-refractivity contribution is 0.881. The molecular weight excluding hydrogens is 218 g/mol. The Morgan fingerprint density at radius 1 is 1.35 bits per heavy atom. The van der Waals surface area contributed by atoms with Gasteiger partial charge in [0.2, 0.25) is 5.78 Å². The van der Waals surface area contributed by atoms with Crippen LogP contribution in [-0.4, -0.2) is 24.6 Å². The molecule has 0 aliphatic rings. The Morgan fingerprint density at radius 2 is 2.24 bits per heavy atom. The molecule has 0 fully saturated rings. The van der Waals surface area contributed by atoms with Crippen LogP contribution in [0.5, 0.6) is 0 Å². The van der Waals surface area contributed by atoms with Crippen molar-refractivity contribution in [3.8, 4) is 11.4 Å². The van der Waals surface area contributed by atoms with Gasteiger partial charge in [0, 0.05) is 12.3 Å². The molecule has 0 saturated heterocycles. The molecule has 3 aromatic heterocycles.